The molecule has 3 aromatic heterocycles. The molecule has 1 aliphatic rings. The Morgan fingerprint density at radius 1 is 1.52 bits per heavy atom. The summed E-state index contributed by atoms with van der Waals surface area (Å²) in [5.74, 6) is 1.05. The number of carbonyl (C=O) groups is 1. The number of hydrogen-bond acceptors (Lipinski definition) is 5. The number of anilines is 1. The van der Waals surface area contributed by atoms with Crippen LogP contribution in [0.2, 0.25) is 0 Å². The lowest BCUT2D eigenvalue weighted by Crippen LogP contribution is -2.15. The Kier molecular flexibility index (Phi) is 3.45. The minimum Gasteiger partial charge on any atom is -0.309 e. The van der Waals surface area contributed by atoms with Crippen molar-refractivity contribution >= 4 is 23.1 Å². The number of aryl methyl sites for hydroxylation is 1. The molecule has 0 unspecified atom stereocenters. The molecule has 4 rings (SSSR count). The van der Waals surface area contributed by atoms with Gasteiger partial charge in [-0.15, -0.1) is 0 Å². The van der Waals surface area contributed by atoms with Crippen LogP contribution in [0.5, 0.6) is 0 Å². The second-order valence-corrected chi connectivity index (χ2v) is 6.89. The minimum atomic E-state index is -0.121. The van der Waals surface area contributed by atoms with Gasteiger partial charge in [-0.05, 0) is 25.8 Å². The Morgan fingerprint density at radius 2 is 2.39 bits per heavy atom. The summed E-state index contributed by atoms with van der Waals surface area (Å²) >= 11 is 1.56. The Labute approximate surface area is 136 Å². The number of hydrogen-bond donors (Lipinski definition) is 2. The fourth-order valence-electron chi connectivity index (χ4n) is 2.39. The zero-order chi connectivity index (χ0) is 15.8. The molecule has 8 heteroatoms. The van der Waals surface area contributed by atoms with Gasteiger partial charge in [0.25, 0.3) is 0 Å². The lowest BCUT2D eigenvalue weighted by Gasteiger charge is -1.99. The van der Waals surface area contributed by atoms with Crippen LogP contribution >= 0.6 is 11.3 Å². The first kappa shape index (κ1) is 14.1. The van der Waals surface area contributed by atoms with E-state index in [1.165, 1.54) is 12.8 Å². The van der Waals surface area contributed by atoms with Crippen LogP contribution in [-0.4, -0.2) is 30.9 Å². The highest BCUT2D eigenvalue weighted by Crippen LogP contribution is 2.39. The third-order valence-corrected chi connectivity index (χ3v) is 4.61. The Morgan fingerprint density at radius 3 is 3.13 bits per heavy atom. The van der Waals surface area contributed by atoms with E-state index < -0.39 is 0 Å². The summed E-state index contributed by atoms with van der Waals surface area (Å²) in [5, 5.41) is 16.2. The molecule has 7 nitrogen and oxygen atoms in total. The molecule has 0 aromatic carbocycles. The average Bonchev–Trinajstić information content (AvgIpc) is 2.91. The number of thiazole rings is 1. The van der Waals surface area contributed by atoms with E-state index in [4.69, 9.17) is 0 Å². The van der Waals surface area contributed by atoms with Gasteiger partial charge in [0.05, 0.1) is 23.3 Å². The molecule has 3 aromatic rings. The molecule has 1 amide bonds. The van der Waals surface area contributed by atoms with Crippen LogP contribution in [0.15, 0.2) is 24.5 Å². The first-order chi connectivity index (χ1) is 11.2. The van der Waals surface area contributed by atoms with Gasteiger partial charge in [0, 0.05) is 23.9 Å². The topological polar surface area (TPSA) is 88.5 Å². The molecule has 0 bridgehead atoms. The second kappa shape index (κ2) is 5.62. The first-order valence-electron chi connectivity index (χ1n) is 7.50. The Balaban J connectivity index is 1.39. The van der Waals surface area contributed by atoms with Gasteiger partial charge in [0.1, 0.15) is 5.00 Å². The van der Waals surface area contributed by atoms with Crippen molar-refractivity contribution in [1.29, 1.82) is 0 Å². The molecule has 0 aliphatic heterocycles. The number of H-pyrrole nitrogens is 1. The van der Waals surface area contributed by atoms with Crippen molar-refractivity contribution in [3.05, 3.63) is 40.9 Å². The van der Waals surface area contributed by atoms with Gasteiger partial charge in [-0.25, -0.2) is 9.67 Å². The van der Waals surface area contributed by atoms with Gasteiger partial charge in [-0.3, -0.25) is 9.89 Å². The standard InChI is InChI=1S/C15H16N6OS/c1-9-16-8-15(23-9)21-5-4-11(20-21)6-14(22)17-13-7-12(18-19-13)10-2-3-10/h4-5,7-8,10H,2-3,6H2,1H3,(H2,17,18,19,22). The van der Waals surface area contributed by atoms with Crippen LogP contribution in [0, 0.1) is 6.92 Å². The van der Waals surface area contributed by atoms with Crippen LogP contribution in [0.1, 0.15) is 35.2 Å². The number of amides is 1. The highest BCUT2D eigenvalue weighted by molar-refractivity contribution is 7.14. The van der Waals surface area contributed by atoms with Crippen molar-refractivity contribution in [2.45, 2.75) is 32.1 Å². The van der Waals surface area contributed by atoms with Gasteiger partial charge in [-0.2, -0.15) is 10.2 Å². The van der Waals surface area contributed by atoms with E-state index in [9.17, 15) is 4.79 Å². The molecule has 1 fully saturated rings. The average molecular weight is 328 g/mol. The fraction of sp³-hybridized carbons (Fsp3) is 0.333. The number of aromatic amines is 1. The molecule has 1 saturated carbocycles. The Bertz CT molecular complexity index is 844. The predicted octanol–water partition coefficient (Wildman–Crippen LogP) is 2.42. The number of rotatable bonds is 5. The third kappa shape index (κ3) is 3.16. The lowest BCUT2D eigenvalue weighted by molar-refractivity contribution is -0.115. The van der Waals surface area contributed by atoms with Gasteiger partial charge in [-0.1, -0.05) is 11.3 Å². The van der Waals surface area contributed by atoms with Crippen LogP contribution in [0.25, 0.3) is 5.00 Å². The van der Waals surface area contributed by atoms with Crippen molar-refractivity contribution in [1.82, 2.24) is 25.0 Å². The third-order valence-electron chi connectivity index (χ3n) is 3.70. The summed E-state index contributed by atoms with van der Waals surface area (Å²) in [5.41, 5.74) is 1.82. The molecule has 0 saturated heterocycles. The molecule has 0 spiro atoms. The van der Waals surface area contributed by atoms with Crippen LogP contribution in [-0.2, 0) is 11.2 Å². The second-order valence-electron chi connectivity index (χ2n) is 5.68. The van der Waals surface area contributed by atoms with Crippen molar-refractivity contribution in [3.63, 3.8) is 0 Å². The summed E-state index contributed by atoms with van der Waals surface area (Å²) in [6.45, 7) is 1.95. The van der Waals surface area contributed by atoms with E-state index >= 15 is 0 Å². The molecule has 23 heavy (non-hydrogen) atoms. The quantitative estimate of drug-likeness (QED) is 0.753. The summed E-state index contributed by atoms with van der Waals surface area (Å²) in [4.78, 5) is 16.3. The SMILES string of the molecule is Cc1ncc(-n2ccc(CC(=O)Nc3cc(C4CC4)[nH]n3)n2)s1. The largest absolute Gasteiger partial charge is 0.309 e. The maximum atomic E-state index is 12.1. The predicted molar refractivity (Wildman–Crippen MR) is 86.9 cm³/mol. The molecular formula is C15H16N6OS. The summed E-state index contributed by atoms with van der Waals surface area (Å²) in [6, 6.07) is 3.75. The van der Waals surface area contributed by atoms with Crippen molar-refractivity contribution < 1.29 is 4.79 Å². The maximum Gasteiger partial charge on any atom is 0.231 e. The molecular weight excluding hydrogens is 312 g/mol. The van der Waals surface area contributed by atoms with E-state index in [1.54, 1.807) is 22.2 Å². The molecule has 0 radical (unpaired) electrons. The van der Waals surface area contributed by atoms with E-state index in [-0.39, 0.29) is 12.3 Å². The van der Waals surface area contributed by atoms with Gasteiger partial charge < -0.3 is 5.32 Å². The lowest BCUT2D eigenvalue weighted by atomic mass is 10.3. The maximum absolute atomic E-state index is 12.1. The van der Waals surface area contributed by atoms with Gasteiger partial charge in [0.15, 0.2) is 5.82 Å². The van der Waals surface area contributed by atoms with Crippen molar-refractivity contribution in [2.24, 2.45) is 0 Å². The monoisotopic (exact) mass is 328 g/mol. The number of aromatic nitrogens is 5. The van der Waals surface area contributed by atoms with Gasteiger partial charge in [0.2, 0.25) is 5.91 Å². The van der Waals surface area contributed by atoms with E-state index in [0.717, 1.165) is 15.7 Å². The minimum absolute atomic E-state index is 0.121. The van der Waals surface area contributed by atoms with E-state index in [1.807, 2.05) is 25.3 Å². The molecule has 118 valence electrons. The van der Waals surface area contributed by atoms with Gasteiger partial charge >= 0.3 is 0 Å². The van der Waals surface area contributed by atoms with Crippen molar-refractivity contribution in [3.8, 4) is 5.00 Å². The van der Waals surface area contributed by atoms with Crippen LogP contribution in [0.4, 0.5) is 5.82 Å². The smallest absolute Gasteiger partial charge is 0.231 e. The molecule has 3 heterocycles. The summed E-state index contributed by atoms with van der Waals surface area (Å²) in [6.07, 6.45) is 6.24. The highest BCUT2D eigenvalue weighted by Gasteiger charge is 2.25. The highest BCUT2D eigenvalue weighted by atomic mass is 32.1. The van der Waals surface area contributed by atoms with E-state index in [2.05, 4.69) is 25.6 Å². The first-order valence-corrected chi connectivity index (χ1v) is 8.31. The number of carbonyl (C=O) groups excluding carboxylic acids is 1. The molecule has 2 N–H and O–H groups in total. The molecule has 0 atom stereocenters. The fourth-order valence-corrected chi connectivity index (χ4v) is 3.10. The Hall–Kier alpha value is -2.48. The van der Waals surface area contributed by atoms with Crippen LogP contribution < -0.4 is 5.32 Å². The summed E-state index contributed by atoms with van der Waals surface area (Å²) in [7, 11) is 0. The number of nitrogens with one attached hydrogen (secondary N) is 2. The zero-order valence-corrected chi connectivity index (χ0v) is 13.4. The van der Waals surface area contributed by atoms with Crippen molar-refractivity contribution in [2.75, 3.05) is 5.32 Å². The number of nitrogens with zero attached hydrogens (tertiary/aromatic N) is 4. The molecule has 1 aliphatic carbocycles. The normalized spacial score (nSPS) is 14.1. The summed E-state index contributed by atoms with van der Waals surface area (Å²) < 4.78 is 1.74. The van der Waals surface area contributed by atoms with Crippen LogP contribution in [0.3, 0.4) is 0 Å². The zero-order valence-electron chi connectivity index (χ0n) is 12.6. The van der Waals surface area contributed by atoms with E-state index in [0.29, 0.717) is 17.4 Å².